The Balaban J connectivity index is 2.16. The normalized spacial score (nSPS) is 12.2. The van der Waals surface area contributed by atoms with E-state index in [4.69, 9.17) is 4.74 Å². The van der Waals surface area contributed by atoms with Gasteiger partial charge in [-0.1, -0.05) is 22.9 Å². The van der Waals surface area contributed by atoms with Gasteiger partial charge in [-0.05, 0) is 37.6 Å². The molecule has 0 amide bonds. The van der Waals surface area contributed by atoms with Crippen molar-refractivity contribution < 1.29 is 9.53 Å². The zero-order chi connectivity index (χ0) is 15.4. The van der Waals surface area contributed by atoms with Gasteiger partial charge in [-0.2, -0.15) is 5.10 Å². The maximum absolute atomic E-state index is 12.4. The lowest BCUT2D eigenvalue weighted by molar-refractivity contribution is 0.0988. The monoisotopic (exact) mass is 350 g/mol. The van der Waals surface area contributed by atoms with Crippen LogP contribution in [0.3, 0.4) is 0 Å². The first kappa shape index (κ1) is 15.8. The van der Waals surface area contributed by atoms with Crippen molar-refractivity contribution in [1.29, 1.82) is 0 Å². The van der Waals surface area contributed by atoms with Gasteiger partial charge in [-0.25, -0.2) is 0 Å². The first-order chi connectivity index (χ1) is 10.0. The standard InChI is InChI=1S/C16H19BrN2O2/c1-4-11(2)19-8-7-13(18-19)10-15(20)14-6-5-12(17)9-16(14)21-3/h5-9,11H,4,10H2,1-3H3. The molecular weight excluding hydrogens is 332 g/mol. The summed E-state index contributed by atoms with van der Waals surface area (Å²) >= 11 is 3.37. The van der Waals surface area contributed by atoms with E-state index in [-0.39, 0.29) is 12.2 Å². The number of methoxy groups -OCH3 is 1. The van der Waals surface area contributed by atoms with E-state index in [1.165, 1.54) is 0 Å². The number of ether oxygens (including phenoxy) is 1. The Morgan fingerprint density at radius 1 is 1.43 bits per heavy atom. The van der Waals surface area contributed by atoms with Gasteiger partial charge in [0.1, 0.15) is 5.75 Å². The smallest absolute Gasteiger partial charge is 0.172 e. The summed E-state index contributed by atoms with van der Waals surface area (Å²) in [5.74, 6) is 0.587. The van der Waals surface area contributed by atoms with Crippen LogP contribution in [0.4, 0.5) is 0 Å². The number of hydrogen-bond acceptors (Lipinski definition) is 3. The van der Waals surface area contributed by atoms with Crippen molar-refractivity contribution in [1.82, 2.24) is 9.78 Å². The number of rotatable bonds is 6. The Labute approximate surface area is 133 Å². The molecule has 21 heavy (non-hydrogen) atoms. The molecule has 0 aliphatic rings. The Morgan fingerprint density at radius 3 is 2.86 bits per heavy atom. The van der Waals surface area contributed by atoms with Crippen LogP contribution in [-0.4, -0.2) is 22.7 Å². The fourth-order valence-corrected chi connectivity index (χ4v) is 2.40. The molecule has 2 aromatic rings. The van der Waals surface area contributed by atoms with Crippen LogP contribution in [0.15, 0.2) is 34.9 Å². The number of hydrogen-bond donors (Lipinski definition) is 0. The summed E-state index contributed by atoms with van der Waals surface area (Å²) in [5, 5.41) is 4.47. The van der Waals surface area contributed by atoms with E-state index in [1.807, 2.05) is 23.0 Å². The third-order valence-electron chi connectivity index (χ3n) is 3.51. The number of carbonyl (C=O) groups is 1. The summed E-state index contributed by atoms with van der Waals surface area (Å²) in [4.78, 5) is 12.4. The van der Waals surface area contributed by atoms with Crippen LogP contribution in [-0.2, 0) is 6.42 Å². The summed E-state index contributed by atoms with van der Waals surface area (Å²) < 4.78 is 8.06. The van der Waals surface area contributed by atoms with Crippen molar-refractivity contribution in [3.63, 3.8) is 0 Å². The molecule has 1 aromatic heterocycles. The summed E-state index contributed by atoms with van der Waals surface area (Å²) in [6, 6.07) is 7.65. The molecule has 4 nitrogen and oxygen atoms in total. The van der Waals surface area contributed by atoms with Gasteiger partial charge < -0.3 is 4.74 Å². The average molecular weight is 351 g/mol. The van der Waals surface area contributed by atoms with Gasteiger partial charge >= 0.3 is 0 Å². The molecule has 112 valence electrons. The average Bonchev–Trinajstić information content (AvgIpc) is 2.94. The minimum Gasteiger partial charge on any atom is -0.496 e. The fraction of sp³-hybridized carbons (Fsp3) is 0.375. The highest BCUT2D eigenvalue weighted by Gasteiger charge is 2.15. The molecule has 5 heteroatoms. The summed E-state index contributed by atoms with van der Waals surface area (Å²) in [6.45, 7) is 4.22. The van der Waals surface area contributed by atoms with Crippen molar-refractivity contribution in [2.45, 2.75) is 32.7 Å². The van der Waals surface area contributed by atoms with Crippen LogP contribution >= 0.6 is 15.9 Å². The second-order valence-corrected chi connectivity index (χ2v) is 5.90. The quantitative estimate of drug-likeness (QED) is 0.738. The first-order valence-corrected chi connectivity index (χ1v) is 7.75. The van der Waals surface area contributed by atoms with Crippen LogP contribution in [0.2, 0.25) is 0 Å². The van der Waals surface area contributed by atoms with Crippen LogP contribution < -0.4 is 4.74 Å². The van der Waals surface area contributed by atoms with Crippen LogP contribution in [0, 0.1) is 0 Å². The Kier molecular flexibility index (Phi) is 5.17. The molecule has 1 heterocycles. The lowest BCUT2D eigenvalue weighted by atomic mass is 10.1. The number of nitrogens with zero attached hydrogens (tertiary/aromatic N) is 2. The van der Waals surface area contributed by atoms with Gasteiger partial charge in [0.25, 0.3) is 0 Å². The van der Waals surface area contributed by atoms with Crippen LogP contribution in [0.1, 0.15) is 42.4 Å². The molecule has 1 aromatic carbocycles. The molecule has 1 atom stereocenters. The summed E-state index contributed by atoms with van der Waals surface area (Å²) in [7, 11) is 1.57. The highest BCUT2D eigenvalue weighted by Crippen LogP contribution is 2.24. The van der Waals surface area contributed by atoms with Gasteiger partial charge in [-0.15, -0.1) is 0 Å². The third kappa shape index (κ3) is 3.73. The maximum atomic E-state index is 12.4. The Hall–Kier alpha value is -1.62. The van der Waals surface area contributed by atoms with Crippen molar-refractivity contribution in [2.75, 3.05) is 7.11 Å². The molecule has 0 aliphatic heterocycles. The largest absolute Gasteiger partial charge is 0.496 e. The molecule has 2 rings (SSSR count). The van der Waals surface area contributed by atoms with Crippen molar-refractivity contribution in [3.8, 4) is 5.75 Å². The second kappa shape index (κ2) is 6.89. The van der Waals surface area contributed by atoms with E-state index in [1.54, 1.807) is 19.2 Å². The summed E-state index contributed by atoms with van der Waals surface area (Å²) in [5.41, 5.74) is 1.36. The molecule has 0 saturated heterocycles. The van der Waals surface area contributed by atoms with E-state index in [2.05, 4.69) is 34.9 Å². The summed E-state index contributed by atoms with van der Waals surface area (Å²) in [6.07, 6.45) is 3.21. The van der Waals surface area contributed by atoms with Crippen molar-refractivity contribution in [2.24, 2.45) is 0 Å². The number of benzene rings is 1. The van der Waals surface area contributed by atoms with Gasteiger partial charge in [0.05, 0.1) is 24.8 Å². The maximum Gasteiger partial charge on any atom is 0.172 e. The SMILES string of the molecule is CCC(C)n1ccc(CC(=O)c2ccc(Br)cc2OC)n1. The van der Waals surface area contributed by atoms with Crippen LogP contribution in [0.25, 0.3) is 0 Å². The zero-order valence-electron chi connectivity index (χ0n) is 12.5. The third-order valence-corrected chi connectivity index (χ3v) is 4.00. The van der Waals surface area contributed by atoms with Gasteiger partial charge in [0, 0.05) is 16.7 Å². The van der Waals surface area contributed by atoms with Crippen LogP contribution in [0.5, 0.6) is 5.75 Å². The number of carbonyl (C=O) groups excluding carboxylic acids is 1. The minimum absolute atomic E-state index is 0.00810. The molecule has 0 bridgehead atoms. The molecule has 0 aliphatic carbocycles. The first-order valence-electron chi connectivity index (χ1n) is 6.96. The van der Waals surface area contributed by atoms with Gasteiger partial charge in [0.2, 0.25) is 0 Å². The van der Waals surface area contributed by atoms with E-state index >= 15 is 0 Å². The fourth-order valence-electron chi connectivity index (χ4n) is 2.06. The molecule has 0 N–H and O–H groups in total. The molecule has 0 radical (unpaired) electrons. The van der Waals surface area contributed by atoms with E-state index < -0.39 is 0 Å². The van der Waals surface area contributed by atoms with Gasteiger partial charge in [-0.3, -0.25) is 9.48 Å². The number of Topliss-reactive ketones (excluding diaryl/α,β-unsaturated/α-hetero) is 1. The lowest BCUT2D eigenvalue weighted by Crippen LogP contribution is -2.08. The molecular formula is C16H19BrN2O2. The van der Waals surface area contributed by atoms with Gasteiger partial charge in [0.15, 0.2) is 5.78 Å². The number of aromatic nitrogens is 2. The second-order valence-electron chi connectivity index (χ2n) is 4.99. The molecule has 0 spiro atoms. The molecule has 1 unspecified atom stereocenters. The highest BCUT2D eigenvalue weighted by atomic mass is 79.9. The lowest BCUT2D eigenvalue weighted by Gasteiger charge is -2.09. The highest BCUT2D eigenvalue weighted by molar-refractivity contribution is 9.10. The topological polar surface area (TPSA) is 44.1 Å². The number of ketones is 1. The van der Waals surface area contributed by atoms with Crippen molar-refractivity contribution >= 4 is 21.7 Å². The number of halogens is 1. The Bertz CT molecular complexity index is 637. The minimum atomic E-state index is 0.00810. The Morgan fingerprint density at radius 2 is 2.19 bits per heavy atom. The molecule has 0 saturated carbocycles. The van der Waals surface area contributed by atoms with E-state index in [0.29, 0.717) is 17.4 Å². The van der Waals surface area contributed by atoms with E-state index in [9.17, 15) is 4.79 Å². The molecule has 0 fully saturated rings. The van der Waals surface area contributed by atoms with E-state index in [0.717, 1.165) is 16.6 Å². The predicted molar refractivity (Wildman–Crippen MR) is 86.0 cm³/mol. The zero-order valence-corrected chi connectivity index (χ0v) is 14.1. The van der Waals surface area contributed by atoms with Crippen molar-refractivity contribution in [3.05, 3.63) is 46.2 Å². The predicted octanol–water partition coefficient (Wildman–Crippen LogP) is 4.05.